The van der Waals surface area contributed by atoms with Crippen molar-refractivity contribution in [2.24, 2.45) is 5.92 Å². The van der Waals surface area contributed by atoms with Crippen LogP contribution >= 0.6 is 0 Å². The zero-order chi connectivity index (χ0) is 19.7. The SMILES string of the molecule is CCn1nccc1C(=O)N1CC(Cc2nc(C3CCN(C(C)=O)CC3)no2)C1. The molecule has 4 rings (SSSR count). The highest BCUT2D eigenvalue weighted by atomic mass is 16.5. The van der Waals surface area contributed by atoms with Crippen molar-refractivity contribution in [3.8, 4) is 0 Å². The van der Waals surface area contributed by atoms with Crippen molar-refractivity contribution in [1.29, 1.82) is 0 Å². The van der Waals surface area contributed by atoms with E-state index >= 15 is 0 Å². The van der Waals surface area contributed by atoms with E-state index < -0.39 is 0 Å². The summed E-state index contributed by atoms with van der Waals surface area (Å²) in [4.78, 5) is 32.2. The normalized spacial score (nSPS) is 18.4. The minimum atomic E-state index is 0.0269. The van der Waals surface area contributed by atoms with Gasteiger partial charge < -0.3 is 14.3 Å². The van der Waals surface area contributed by atoms with E-state index in [-0.39, 0.29) is 17.7 Å². The molecule has 4 heterocycles. The van der Waals surface area contributed by atoms with Crippen molar-refractivity contribution in [3.05, 3.63) is 29.7 Å². The maximum atomic E-state index is 12.5. The predicted octanol–water partition coefficient (Wildman–Crippen LogP) is 1.33. The van der Waals surface area contributed by atoms with E-state index in [4.69, 9.17) is 4.52 Å². The highest BCUT2D eigenvalue weighted by Gasteiger charge is 2.34. The second-order valence-electron chi connectivity index (χ2n) is 7.64. The summed E-state index contributed by atoms with van der Waals surface area (Å²) in [6, 6.07) is 1.76. The van der Waals surface area contributed by atoms with Crippen molar-refractivity contribution in [2.45, 2.75) is 45.6 Å². The topological polar surface area (TPSA) is 97.4 Å². The third kappa shape index (κ3) is 3.65. The summed E-state index contributed by atoms with van der Waals surface area (Å²) in [6.45, 7) is 7.15. The van der Waals surface area contributed by atoms with Crippen LogP contribution in [0.25, 0.3) is 0 Å². The third-order valence-corrected chi connectivity index (χ3v) is 5.73. The van der Waals surface area contributed by atoms with E-state index in [1.165, 1.54) is 0 Å². The van der Waals surface area contributed by atoms with E-state index in [0.29, 0.717) is 43.6 Å². The number of carbonyl (C=O) groups is 2. The maximum Gasteiger partial charge on any atom is 0.272 e. The number of aromatic nitrogens is 4. The number of hydrogen-bond acceptors (Lipinski definition) is 6. The van der Waals surface area contributed by atoms with Crippen LogP contribution in [0.3, 0.4) is 0 Å². The Morgan fingerprint density at radius 2 is 1.96 bits per heavy atom. The number of nitrogens with zero attached hydrogens (tertiary/aromatic N) is 6. The molecule has 0 aromatic carbocycles. The standard InChI is InChI=1S/C19H26N6O3/c1-3-25-16(4-7-20-25)19(27)24-11-14(12-24)10-17-21-18(22-28-17)15-5-8-23(9-6-15)13(2)26/h4,7,14-15H,3,5-6,8-12H2,1-2H3. The predicted molar refractivity (Wildman–Crippen MR) is 99.5 cm³/mol. The lowest BCUT2D eigenvalue weighted by molar-refractivity contribution is -0.129. The van der Waals surface area contributed by atoms with Gasteiger partial charge in [0, 0.05) is 64.1 Å². The van der Waals surface area contributed by atoms with E-state index in [1.807, 2.05) is 16.7 Å². The third-order valence-electron chi connectivity index (χ3n) is 5.73. The molecule has 0 saturated carbocycles. The second kappa shape index (κ2) is 7.73. The van der Waals surface area contributed by atoms with Crippen LogP contribution in [0.1, 0.15) is 54.8 Å². The van der Waals surface area contributed by atoms with Crippen LogP contribution < -0.4 is 0 Å². The van der Waals surface area contributed by atoms with Gasteiger partial charge in [0.15, 0.2) is 5.82 Å². The van der Waals surface area contributed by atoms with Gasteiger partial charge in [0.2, 0.25) is 11.8 Å². The Morgan fingerprint density at radius 3 is 2.64 bits per heavy atom. The van der Waals surface area contributed by atoms with Crippen LogP contribution in [0.15, 0.2) is 16.8 Å². The fraction of sp³-hybridized carbons (Fsp3) is 0.632. The van der Waals surface area contributed by atoms with Gasteiger partial charge >= 0.3 is 0 Å². The molecule has 28 heavy (non-hydrogen) atoms. The molecule has 2 saturated heterocycles. The first-order valence-corrected chi connectivity index (χ1v) is 9.94. The van der Waals surface area contributed by atoms with Gasteiger partial charge in [-0.3, -0.25) is 14.3 Å². The average molecular weight is 386 g/mol. The van der Waals surface area contributed by atoms with Gasteiger partial charge in [-0.05, 0) is 25.8 Å². The molecule has 9 nitrogen and oxygen atoms in total. The van der Waals surface area contributed by atoms with E-state index in [1.54, 1.807) is 23.9 Å². The number of piperidine rings is 1. The molecule has 2 aliphatic rings. The molecular weight excluding hydrogens is 360 g/mol. The molecule has 2 fully saturated rings. The fourth-order valence-electron chi connectivity index (χ4n) is 4.01. The maximum absolute atomic E-state index is 12.5. The molecule has 0 N–H and O–H groups in total. The molecule has 0 unspecified atom stereocenters. The van der Waals surface area contributed by atoms with E-state index in [2.05, 4.69) is 15.2 Å². The van der Waals surface area contributed by atoms with E-state index in [9.17, 15) is 9.59 Å². The van der Waals surface area contributed by atoms with Crippen molar-refractivity contribution in [1.82, 2.24) is 29.7 Å². The molecule has 0 aliphatic carbocycles. The summed E-state index contributed by atoms with van der Waals surface area (Å²) in [7, 11) is 0. The van der Waals surface area contributed by atoms with Gasteiger partial charge in [-0.25, -0.2) is 0 Å². The Hall–Kier alpha value is -2.71. The summed E-state index contributed by atoms with van der Waals surface area (Å²) < 4.78 is 7.16. The molecule has 2 aromatic rings. The molecule has 0 bridgehead atoms. The highest BCUT2D eigenvalue weighted by molar-refractivity contribution is 5.93. The van der Waals surface area contributed by atoms with Crippen LogP contribution in [0, 0.1) is 5.92 Å². The fourth-order valence-corrected chi connectivity index (χ4v) is 4.01. The summed E-state index contributed by atoms with van der Waals surface area (Å²) in [5.74, 6) is 2.13. The van der Waals surface area contributed by atoms with Gasteiger partial charge in [-0.15, -0.1) is 0 Å². The molecule has 150 valence electrons. The lowest BCUT2D eigenvalue weighted by Gasteiger charge is -2.38. The number of amides is 2. The Labute approximate surface area is 163 Å². The second-order valence-corrected chi connectivity index (χ2v) is 7.64. The number of aryl methyl sites for hydroxylation is 1. The summed E-state index contributed by atoms with van der Waals surface area (Å²) in [5.41, 5.74) is 0.637. The minimum absolute atomic E-state index is 0.0269. The van der Waals surface area contributed by atoms with Crippen molar-refractivity contribution < 1.29 is 14.1 Å². The molecule has 2 aliphatic heterocycles. The van der Waals surface area contributed by atoms with Crippen LogP contribution in [0.2, 0.25) is 0 Å². The average Bonchev–Trinajstić information content (AvgIpc) is 3.33. The lowest BCUT2D eigenvalue weighted by atomic mass is 9.95. The quantitative estimate of drug-likeness (QED) is 0.769. The monoisotopic (exact) mass is 386 g/mol. The van der Waals surface area contributed by atoms with Gasteiger partial charge in [0.25, 0.3) is 5.91 Å². The smallest absolute Gasteiger partial charge is 0.272 e. The van der Waals surface area contributed by atoms with Gasteiger partial charge in [-0.2, -0.15) is 10.1 Å². The molecule has 2 amide bonds. The Morgan fingerprint density at radius 1 is 1.21 bits per heavy atom. The summed E-state index contributed by atoms with van der Waals surface area (Å²) in [6.07, 6.45) is 4.09. The molecule has 0 spiro atoms. The first-order chi connectivity index (χ1) is 13.5. The highest BCUT2D eigenvalue weighted by Crippen LogP contribution is 2.27. The summed E-state index contributed by atoms with van der Waals surface area (Å²) >= 11 is 0. The molecule has 0 radical (unpaired) electrons. The zero-order valence-electron chi connectivity index (χ0n) is 16.4. The largest absolute Gasteiger partial charge is 0.343 e. The number of likely N-dealkylation sites (tertiary alicyclic amines) is 2. The Kier molecular flexibility index (Phi) is 5.15. The van der Waals surface area contributed by atoms with Gasteiger partial charge in [0.1, 0.15) is 5.69 Å². The summed E-state index contributed by atoms with van der Waals surface area (Å²) in [5, 5.41) is 8.32. The number of carbonyl (C=O) groups excluding carboxylic acids is 2. The first-order valence-electron chi connectivity index (χ1n) is 9.94. The number of rotatable bonds is 5. The molecule has 2 aromatic heterocycles. The first kappa shape index (κ1) is 18.6. The molecular formula is C19H26N6O3. The zero-order valence-corrected chi connectivity index (χ0v) is 16.4. The minimum Gasteiger partial charge on any atom is -0.343 e. The van der Waals surface area contributed by atoms with Gasteiger partial charge in [0.05, 0.1) is 0 Å². The Bertz CT molecular complexity index is 845. The van der Waals surface area contributed by atoms with Gasteiger partial charge in [-0.1, -0.05) is 5.16 Å². The lowest BCUT2D eigenvalue weighted by Crippen LogP contribution is -2.51. The molecule has 0 atom stereocenters. The van der Waals surface area contributed by atoms with Crippen LogP contribution in [0.5, 0.6) is 0 Å². The van der Waals surface area contributed by atoms with Crippen molar-refractivity contribution >= 4 is 11.8 Å². The Balaban J connectivity index is 1.27. The van der Waals surface area contributed by atoms with Crippen LogP contribution in [-0.4, -0.2) is 67.7 Å². The van der Waals surface area contributed by atoms with Crippen molar-refractivity contribution in [2.75, 3.05) is 26.2 Å². The number of hydrogen-bond donors (Lipinski definition) is 0. The van der Waals surface area contributed by atoms with Crippen LogP contribution in [0.4, 0.5) is 0 Å². The molecule has 9 heteroatoms. The van der Waals surface area contributed by atoms with Crippen LogP contribution in [-0.2, 0) is 17.8 Å². The van der Waals surface area contributed by atoms with Crippen molar-refractivity contribution in [3.63, 3.8) is 0 Å². The van der Waals surface area contributed by atoms with E-state index in [0.717, 1.165) is 31.8 Å².